The predicted molar refractivity (Wildman–Crippen MR) is 190 cm³/mol. The zero-order chi connectivity index (χ0) is 29.5. The molecule has 0 aliphatic carbocycles. The van der Waals surface area contributed by atoms with Crippen molar-refractivity contribution in [3.8, 4) is 44.9 Å². The van der Waals surface area contributed by atoms with Gasteiger partial charge in [0.1, 0.15) is 11.5 Å². The minimum Gasteiger partial charge on any atom is -0.456 e. The van der Waals surface area contributed by atoms with Crippen LogP contribution in [0.25, 0.3) is 87.2 Å². The van der Waals surface area contributed by atoms with Gasteiger partial charge in [0.05, 0.1) is 0 Å². The molecule has 1 heterocycles. The maximum Gasteiger partial charge on any atom is 0.135 e. The third-order valence-corrected chi connectivity index (χ3v) is 9.62. The second-order valence-electron chi connectivity index (χ2n) is 12.0. The van der Waals surface area contributed by atoms with Crippen LogP contribution in [0.15, 0.2) is 158 Å². The molecule has 0 bridgehead atoms. The van der Waals surface area contributed by atoms with E-state index in [0.29, 0.717) is 0 Å². The Bertz CT molecular complexity index is 2570. The molecule has 0 atom stereocenters. The molecule has 0 radical (unpaired) electrons. The SMILES string of the molecule is c1ccc2c(c1)Oc1cccc3c(-c4c5ccccc5c(-c5c6ccccc6cc6ccccc56)c5ccccc45)ccc-2c13. The monoisotopic (exact) mass is 570 g/mol. The van der Waals surface area contributed by atoms with Gasteiger partial charge in [0, 0.05) is 10.9 Å². The number of hydrogen-bond acceptors (Lipinski definition) is 1. The molecule has 0 saturated heterocycles. The zero-order valence-electron chi connectivity index (χ0n) is 24.4. The summed E-state index contributed by atoms with van der Waals surface area (Å²) in [6.07, 6.45) is 0. The second-order valence-corrected chi connectivity index (χ2v) is 12.0. The van der Waals surface area contributed by atoms with Crippen molar-refractivity contribution in [3.63, 3.8) is 0 Å². The van der Waals surface area contributed by atoms with Gasteiger partial charge in [-0.25, -0.2) is 0 Å². The molecule has 9 aromatic rings. The summed E-state index contributed by atoms with van der Waals surface area (Å²) in [7, 11) is 0. The highest BCUT2D eigenvalue weighted by Crippen LogP contribution is 2.52. The van der Waals surface area contributed by atoms with Gasteiger partial charge in [-0.3, -0.25) is 0 Å². The van der Waals surface area contributed by atoms with E-state index < -0.39 is 0 Å². The van der Waals surface area contributed by atoms with Crippen LogP contribution in [0.3, 0.4) is 0 Å². The van der Waals surface area contributed by atoms with E-state index in [1.807, 2.05) is 6.07 Å². The van der Waals surface area contributed by atoms with Gasteiger partial charge in [-0.15, -0.1) is 0 Å². The molecule has 0 fully saturated rings. The van der Waals surface area contributed by atoms with Gasteiger partial charge in [-0.1, -0.05) is 140 Å². The number of rotatable bonds is 2. The number of benzene rings is 9. The maximum absolute atomic E-state index is 6.47. The fourth-order valence-corrected chi connectivity index (χ4v) is 7.77. The molecular formula is C44H26O. The average molecular weight is 571 g/mol. The van der Waals surface area contributed by atoms with Gasteiger partial charge in [-0.2, -0.15) is 0 Å². The third kappa shape index (κ3) is 3.44. The first-order valence-corrected chi connectivity index (χ1v) is 15.5. The van der Waals surface area contributed by atoms with E-state index in [4.69, 9.17) is 4.74 Å². The van der Waals surface area contributed by atoms with Crippen molar-refractivity contribution >= 4 is 53.9 Å². The van der Waals surface area contributed by atoms with Crippen LogP contribution in [0.1, 0.15) is 0 Å². The van der Waals surface area contributed by atoms with Crippen molar-refractivity contribution in [2.75, 3.05) is 0 Å². The molecular weight excluding hydrogens is 544 g/mol. The van der Waals surface area contributed by atoms with Crippen LogP contribution < -0.4 is 4.74 Å². The Kier molecular flexibility index (Phi) is 5.06. The summed E-state index contributed by atoms with van der Waals surface area (Å²) in [6, 6.07) is 57.3. The van der Waals surface area contributed by atoms with Gasteiger partial charge >= 0.3 is 0 Å². The molecule has 45 heavy (non-hydrogen) atoms. The fourth-order valence-electron chi connectivity index (χ4n) is 7.77. The largest absolute Gasteiger partial charge is 0.456 e. The van der Waals surface area contributed by atoms with Crippen LogP contribution in [-0.2, 0) is 0 Å². The van der Waals surface area contributed by atoms with Crippen molar-refractivity contribution in [1.82, 2.24) is 0 Å². The first kappa shape index (κ1) is 24.5. The summed E-state index contributed by atoms with van der Waals surface area (Å²) >= 11 is 0. The van der Waals surface area contributed by atoms with E-state index >= 15 is 0 Å². The number of hydrogen-bond donors (Lipinski definition) is 0. The van der Waals surface area contributed by atoms with Crippen molar-refractivity contribution in [2.24, 2.45) is 0 Å². The summed E-state index contributed by atoms with van der Waals surface area (Å²) in [4.78, 5) is 0. The Labute approximate surface area is 260 Å². The van der Waals surface area contributed by atoms with Gasteiger partial charge in [0.25, 0.3) is 0 Å². The highest BCUT2D eigenvalue weighted by Gasteiger charge is 2.24. The lowest BCUT2D eigenvalue weighted by atomic mass is 9.81. The fraction of sp³-hybridized carbons (Fsp3) is 0. The standard InChI is InChI=1S/C44H26O/c1-3-14-29-27(12-1)26-28-13-2-4-15-30(28)43(29)44-35-19-7-5-17-32(35)41(33-18-6-8-20-36(33)44)38-25-24-37-31-16-9-10-22-39(31)45-40-23-11-21-34(38)42(37)40/h1-26H. The van der Waals surface area contributed by atoms with E-state index in [0.717, 1.165) is 17.1 Å². The lowest BCUT2D eigenvalue weighted by Gasteiger charge is -2.24. The summed E-state index contributed by atoms with van der Waals surface area (Å²) in [5.74, 6) is 1.82. The Morgan fingerprint density at radius 3 is 1.42 bits per heavy atom. The summed E-state index contributed by atoms with van der Waals surface area (Å²) in [5, 5.41) is 12.5. The average Bonchev–Trinajstić information content (AvgIpc) is 3.10. The molecule has 0 unspecified atom stereocenters. The van der Waals surface area contributed by atoms with Crippen LogP contribution in [0, 0.1) is 0 Å². The van der Waals surface area contributed by atoms with Crippen molar-refractivity contribution < 1.29 is 4.74 Å². The van der Waals surface area contributed by atoms with Crippen molar-refractivity contribution in [2.45, 2.75) is 0 Å². The van der Waals surface area contributed by atoms with Gasteiger partial charge in [0.15, 0.2) is 0 Å². The van der Waals surface area contributed by atoms with E-state index in [2.05, 4.69) is 152 Å². The Balaban J connectivity index is 1.38. The molecule has 0 N–H and O–H groups in total. The number of ether oxygens (including phenoxy) is 1. The molecule has 1 heteroatoms. The van der Waals surface area contributed by atoms with Crippen molar-refractivity contribution in [3.05, 3.63) is 158 Å². The molecule has 0 aromatic heterocycles. The first-order valence-electron chi connectivity index (χ1n) is 15.5. The van der Waals surface area contributed by atoms with E-state index in [-0.39, 0.29) is 0 Å². The molecule has 1 nitrogen and oxygen atoms in total. The lowest BCUT2D eigenvalue weighted by molar-refractivity contribution is 0.487. The molecule has 1 aliphatic rings. The van der Waals surface area contributed by atoms with Crippen LogP contribution in [0.5, 0.6) is 11.5 Å². The van der Waals surface area contributed by atoms with Gasteiger partial charge in [-0.05, 0) is 94.5 Å². The van der Waals surface area contributed by atoms with Gasteiger partial charge in [0.2, 0.25) is 0 Å². The Morgan fingerprint density at radius 2 is 0.756 bits per heavy atom. The van der Waals surface area contributed by atoms with Crippen LogP contribution >= 0.6 is 0 Å². The molecule has 9 aromatic carbocycles. The van der Waals surface area contributed by atoms with Crippen molar-refractivity contribution in [1.29, 1.82) is 0 Å². The lowest BCUT2D eigenvalue weighted by Crippen LogP contribution is -1.98. The predicted octanol–water partition coefficient (Wildman–Crippen LogP) is 12.6. The molecule has 0 saturated carbocycles. The minimum absolute atomic E-state index is 0.910. The van der Waals surface area contributed by atoms with E-state index in [1.54, 1.807) is 0 Å². The normalized spacial score (nSPS) is 12.2. The summed E-state index contributed by atoms with van der Waals surface area (Å²) < 4.78 is 6.47. The van der Waals surface area contributed by atoms with Gasteiger partial charge < -0.3 is 4.74 Å². The van der Waals surface area contributed by atoms with Crippen LogP contribution in [0.2, 0.25) is 0 Å². The topological polar surface area (TPSA) is 9.23 Å². The second kappa shape index (κ2) is 9.29. The van der Waals surface area contributed by atoms with E-state index in [9.17, 15) is 0 Å². The number of fused-ring (bicyclic) bond motifs is 6. The quantitative estimate of drug-likeness (QED) is 0.188. The third-order valence-electron chi connectivity index (χ3n) is 9.62. The Hall–Kier alpha value is -5.92. The number of para-hydroxylation sites is 1. The molecule has 0 spiro atoms. The highest BCUT2D eigenvalue weighted by molar-refractivity contribution is 6.29. The summed E-state index contributed by atoms with van der Waals surface area (Å²) in [6.45, 7) is 0. The minimum atomic E-state index is 0.910. The van der Waals surface area contributed by atoms with Crippen LogP contribution in [0.4, 0.5) is 0 Å². The maximum atomic E-state index is 6.47. The highest BCUT2D eigenvalue weighted by atomic mass is 16.5. The Morgan fingerprint density at radius 1 is 0.289 bits per heavy atom. The smallest absolute Gasteiger partial charge is 0.135 e. The molecule has 0 amide bonds. The van der Waals surface area contributed by atoms with Crippen LogP contribution in [-0.4, -0.2) is 0 Å². The first-order chi connectivity index (χ1) is 22.3. The zero-order valence-corrected chi connectivity index (χ0v) is 24.4. The molecule has 208 valence electrons. The molecule has 10 rings (SSSR count). The van der Waals surface area contributed by atoms with E-state index in [1.165, 1.54) is 81.7 Å². The molecule has 1 aliphatic heterocycles. The summed E-state index contributed by atoms with van der Waals surface area (Å²) in [5.41, 5.74) is 7.43.